The first kappa shape index (κ1) is 50.7. The number of aromatic nitrogens is 8. The van der Waals surface area contributed by atoms with Crippen molar-refractivity contribution in [2.24, 2.45) is 0 Å². The number of methoxy groups -OCH3 is 1. The van der Waals surface area contributed by atoms with E-state index in [1.807, 2.05) is 13.8 Å². The minimum absolute atomic E-state index is 0.0931. The maximum absolute atomic E-state index is 13.2. The molecule has 7 heterocycles. The molecule has 0 aromatic carbocycles. The zero-order valence-electron chi connectivity index (χ0n) is 36.0. The van der Waals surface area contributed by atoms with Crippen molar-refractivity contribution in [2.75, 3.05) is 7.11 Å². The van der Waals surface area contributed by atoms with Gasteiger partial charge >= 0.3 is 31.3 Å². The van der Waals surface area contributed by atoms with Crippen molar-refractivity contribution >= 4 is 39.8 Å². The molecule has 0 saturated carbocycles. The molecular formula is C40H42BBrF10N8O5. The summed E-state index contributed by atoms with van der Waals surface area (Å²) in [5, 5.41) is 7.09. The Morgan fingerprint density at radius 2 is 1.22 bits per heavy atom. The van der Waals surface area contributed by atoms with E-state index in [1.165, 1.54) is 15.0 Å². The third-order valence-corrected chi connectivity index (χ3v) is 11.2. The van der Waals surface area contributed by atoms with Gasteiger partial charge in [0, 0.05) is 48.1 Å². The van der Waals surface area contributed by atoms with Crippen LogP contribution in [0.1, 0.15) is 58.5 Å². The van der Waals surface area contributed by atoms with Gasteiger partial charge in [-0.1, -0.05) is 13.8 Å². The fraction of sp³-hybridized carbons (Fsp3) is 0.450. The number of ether oxygens (including phenoxy) is 1. The van der Waals surface area contributed by atoms with Gasteiger partial charge in [0.2, 0.25) is 0 Å². The van der Waals surface area contributed by atoms with E-state index in [0.717, 1.165) is 36.0 Å². The molecular weight excluding hydrogens is 953 g/mol. The molecule has 0 unspecified atom stereocenters. The Hall–Kier alpha value is -5.30. The summed E-state index contributed by atoms with van der Waals surface area (Å²) < 4.78 is 147. The van der Waals surface area contributed by atoms with Gasteiger partial charge in [0.15, 0.2) is 0 Å². The standard InChI is InChI=1S/C17H15F5N4O.C12H16BF5N2O2.C11H11BrN2O2/c1-3-12-14(15(27)26-5-4-10(2)6-13(26)24-12)11-7-23-25(8-11)9-16(18,19)17(20,21)22;1-9(2)10(3,4)22-13(21-9)8-5-19-20(6-8)7-11(14,15)12(16,17)18;1-3-8-10(12)11(15)14-5-4-7(16-2)6-9(14)13-8/h4-8H,3,9H2,1-2H3;5-6H,7H2,1-4H3;4-6H,3H2,1-2H3. The summed E-state index contributed by atoms with van der Waals surface area (Å²) in [5.74, 6) is -9.10. The van der Waals surface area contributed by atoms with Crippen molar-refractivity contribution in [3.05, 3.63) is 104 Å². The molecule has 1 aliphatic rings. The summed E-state index contributed by atoms with van der Waals surface area (Å²) in [6.07, 6.45) is -2.71. The van der Waals surface area contributed by atoms with Crippen molar-refractivity contribution < 1.29 is 57.9 Å². The normalized spacial score (nSPS) is 15.2. The summed E-state index contributed by atoms with van der Waals surface area (Å²) in [6, 6.07) is 6.90. The van der Waals surface area contributed by atoms with Crippen molar-refractivity contribution in [3.63, 3.8) is 0 Å². The third-order valence-electron chi connectivity index (χ3n) is 10.4. The van der Waals surface area contributed by atoms with E-state index in [4.69, 9.17) is 14.0 Å². The molecule has 1 saturated heterocycles. The molecule has 0 bridgehead atoms. The van der Waals surface area contributed by atoms with Crippen LogP contribution in [-0.4, -0.2) is 88.0 Å². The van der Waals surface area contributed by atoms with Crippen molar-refractivity contribution in [3.8, 4) is 16.9 Å². The fourth-order valence-corrected chi connectivity index (χ4v) is 6.63. The van der Waals surface area contributed by atoms with E-state index in [9.17, 15) is 53.5 Å². The third kappa shape index (κ3) is 10.9. The second-order valence-electron chi connectivity index (χ2n) is 15.7. The number of rotatable bonds is 9. The first-order valence-corrected chi connectivity index (χ1v) is 20.3. The molecule has 0 aliphatic carbocycles. The van der Waals surface area contributed by atoms with Gasteiger partial charge < -0.3 is 14.0 Å². The van der Waals surface area contributed by atoms with Gasteiger partial charge in [-0.3, -0.25) is 27.8 Å². The van der Waals surface area contributed by atoms with E-state index >= 15 is 0 Å². The molecule has 0 atom stereocenters. The summed E-state index contributed by atoms with van der Waals surface area (Å²) in [7, 11) is 0.724. The lowest BCUT2D eigenvalue weighted by atomic mass is 9.82. The monoisotopic (exact) mass is 994 g/mol. The molecule has 0 amide bonds. The molecule has 6 aromatic rings. The summed E-state index contributed by atoms with van der Waals surface area (Å²) in [6.45, 7) is 9.52. The van der Waals surface area contributed by atoms with Crippen LogP contribution in [0.25, 0.3) is 22.4 Å². The number of alkyl halides is 10. The van der Waals surface area contributed by atoms with Gasteiger partial charge in [-0.25, -0.2) is 9.97 Å². The van der Waals surface area contributed by atoms with Crippen LogP contribution in [0.2, 0.25) is 0 Å². The van der Waals surface area contributed by atoms with Crippen LogP contribution in [0, 0.1) is 6.92 Å². The van der Waals surface area contributed by atoms with Crippen LogP contribution in [0.3, 0.4) is 0 Å². The molecule has 1 aliphatic heterocycles. The smallest absolute Gasteiger partial charge is 0.497 e. The minimum atomic E-state index is -5.68. The van der Waals surface area contributed by atoms with E-state index in [0.29, 0.717) is 49.4 Å². The highest BCUT2D eigenvalue weighted by Crippen LogP contribution is 2.39. The molecule has 6 aromatic heterocycles. The summed E-state index contributed by atoms with van der Waals surface area (Å²) in [5.41, 5.74) is 1.83. The summed E-state index contributed by atoms with van der Waals surface area (Å²) >= 11 is 3.27. The number of fused-ring (bicyclic) bond motifs is 2. The Morgan fingerprint density at radius 1 is 0.723 bits per heavy atom. The highest BCUT2D eigenvalue weighted by molar-refractivity contribution is 9.10. The molecule has 0 radical (unpaired) electrons. The lowest BCUT2D eigenvalue weighted by molar-refractivity contribution is -0.287. The molecule has 0 N–H and O–H groups in total. The quantitative estimate of drug-likeness (QED) is 0.104. The second-order valence-corrected chi connectivity index (χ2v) is 16.5. The average Bonchev–Trinajstić information content (AvgIpc) is 3.92. The van der Waals surface area contributed by atoms with Gasteiger partial charge in [-0.2, -0.15) is 54.1 Å². The molecule has 352 valence electrons. The Bertz CT molecular complexity index is 2770. The number of aryl methyl sites for hydroxylation is 3. The number of hydrogen-bond donors (Lipinski definition) is 0. The predicted molar refractivity (Wildman–Crippen MR) is 222 cm³/mol. The Morgan fingerprint density at radius 3 is 1.75 bits per heavy atom. The zero-order valence-corrected chi connectivity index (χ0v) is 37.5. The van der Waals surface area contributed by atoms with Crippen LogP contribution in [0.15, 0.2) is 75.5 Å². The Kier molecular flexibility index (Phi) is 14.5. The van der Waals surface area contributed by atoms with Crippen molar-refractivity contribution in [1.82, 2.24) is 38.3 Å². The Labute approximate surface area is 372 Å². The maximum atomic E-state index is 13.2. The highest BCUT2D eigenvalue weighted by atomic mass is 79.9. The molecule has 0 spiro atoms. The van der Waals surface area contributed by atoms with E-state index in [2.05, 4.69) is 36.1 Å². The molecule has 1 fully saturated rings. The van der Waals surface area contributed by atoms with Crippen LogP contribution in [-0.2, 0) is 35.2 Å². The van der Waals surface area contributed by atoms with Gasteiger partial charge in [0.05, 0.1) is 41.5 Å². The average molecular weight is 996 g/mol. The SMILES string of the molecule is CC1(C)OB(c2cnn(CC(F)(F)C(F)(F)F)c2)OC1(C)C.CCc1nc2cc(C)ccn2c(=O)c1-c1cnn(CC(F)(F)C(F)(F)F)c1.CCc1nc2cc(OC)ccn2c(=O)c1Br. The molecule has 65 heavy (non-hydrogen) atoms. The number of nitrogens with zero attached hydrogens (tertiary/aromatic N) is 8. The van der Waals surface area contributed by atoms with Crippen LogP contribution in [0.4, 0.5) is 43.9 Å². The summed E-state index contributed by atoms with van der Waals surface area (Å²) in [4.78, 5) is 33.6. The maximum Gasteiger partial charge on any atom is 0.498 e. The molecule has 7 rings (SSSR count). The topological polar surface area (TPSA) is 132 Å². The molecule has 13 nitrogen and oxygen atoms in total. The van der Waals surface area contributed by atoms with Gasteiger partial charge in [-0.15, -0.1) is 0 Å². The lowest BCUT2D eigenvalue weighted by Crippen LogP contribution is -2.41. The van der Waals surface area contributed by atoms with Crippen molar-refractivity contribution in [1.29, 1.82) is 0 Å². The zero-order chi connectivity index (χ0) is 48.7. The van der Waals surface area contributed by atoms with Gasteiger partial charge in [0.25, 0.3) is 11.1 Å². The number of pyridine rings is 2. The number of halogens is 11. The second kappa shape index (κ2) is 18.5. The first-order valence-electron chi connectivity index (χ1n) is 19.5. The fourth-order valence-electron chi connectivity index (χ4n) is 6.07. The van der Waals surface area contributed by atoms with E-state index in [1.54, 1.807) is 72.2 Å². The van der Waals surface area contributed by atoms with Crippen LogP contribution >= 0.6 is 15.9 Å². The van der Waals surface area contributed by atoms with Gasteiger partial charge in [-0.05, 0) is 87.2 Å². The van der Waals surface area contributed by atoms with Gasteiger partial charge in [0.1, 0.15) is 34.6 Å². The van der Waals surface area contributed by atoms with Crippen LogP contribution in [0.5, 0.6) is 5.75 Å². The van der Waals surface area contributed by atoms with Crippen LogP contribution < -0.4 is 21.3 Å². The highest BCUT2D eigenvalue weighted by Gasteiger charge is 2.59. The first-order chi connectivity index (χ1) is 30.0. The Balaban J connectivity index is 0.000000189. The van der Waals surface area contributed by atoms with E-state index in [-0.39, 0.29) is 22.1 Å². The largest absolute Gasteiger partial charge is 0.498 e. The minimum Gasteiger partial charge on any atom is -0.497 e. The molecule has 25 heteroatoms. The predicted octanol–water partition coefficient (Wildman–Crippen LogP) is 8.03. The van der Waals surface area contributed by atoms with E-state index < -0.39 is 61.2 Å². The van der Waals surface area contributed by atoms with Crippen molar-refractivity contribution in [2.45, 2.75) is 110 Å². The lowest BCUT2D eigenvalue weighted by Gasteiger charge is -2.32. The number of hydrogen-bond acceptors (Lipinski definition) is 9.